The van der Waals surface area contributed by atoms with E-state index < -0.39 is 17.8 Å². The van der Waals surface area contributed by atoms with Crippen molar-refractivity contribution in [1.29, 1.82) is 0 Å². The summed E-state index contributed by atoms with van der Waals surface area (Å²) in [6.45, 7) is 3.85. The van der Waals surface area contributed by atoms with E-state index in [0.29, 0.717) is 28.4 Å². The molecule has 0 fully saturated rings. The van der Waals surface area contributed by atoms with E-state index in [0.717, 1.165) is 16.0 Å². The molecular weight excluding hydrogens is 456 g/mol. The standard InChI is InChI=1S/C26H21ClN2O5/c1-15-11-16(2)13-21(12-15)34-26(32)17-7-9-18(10-8-17)28-23-22(27)24(30)29(25(23)31)19-5-4-6-20(14-19)33-3/h4-14,28H,1-3H3. The second kappa shape index (κ2) is 9.41. The van der Waals surface area contributed by atoms with Gasteiger partial charge in [0.25, 0.3) is 11.8 Å². The van der Waals surface area contributed by atoms with Gasteiger partial charge in [0, 0.05) is 11.8 Å². The Morgan fingerprint density at radius 1 is 0.882 bits per heavy atom. The summed E-state index contributed by atoms with van der Waals surface area (Å²) in [5.41, 5.74) is 3.08. The molecule has 1 N–H and O–H groups in total. The first-order valence-electron chi connectivity index (χ1n) is 10.4. The van der Waals surface area contributed by atoms with E-state index in [4.69, 9.17) is 21.1 Å². The molecule has 3 aromatic carbocycles. The summed E-state index contributed by atoms with van der Waals surface area (Å²) in [5, 5.41) is 2.65. The lowest BCUT2D eigenvalue weighted by molar-refractivity contribution is -0.120. The largest absolute Gasteiger partial charge is 0.497 e. The van der Waals surface area contributed by atoms with Gasteiger partial charge in [-0.1, -0.05) is 23.7 Å². The Hall–Kier alpha value is -4.10. The van der Waals surface area contributed by atoms with Gasteiger partial charge in [-0.15, -0.1) is 0 Å². The Bertz CT molecular complexity index is 1310. The van der Waals surface area contributed by atoms with E-state index in [2.05, 4.69) is 5.32 Å². The molecule has 0 saturated carbocycles. The molecule has 0 aromatic heterocycles. The summed E-state index contributed by atoms with van der Waals surface area (Å²) >= 11 is 6.19. The second-order valence-corrected chi connectivity index (χ2v) is 8.13. The number of hydrogen-bond acceptors (Lipinski definition) is 6. The number of carbonyl (C=O) groups excluding carboxylic acids is 3. The maximum absolute atomic E-state index is 12.9. The molecule has 2 amide bonds. The first-order chi connectivity index (χ1) is 16.3. The van der Waals surface area contributed by atoms with Crippen LogP contribution in [0.2, 0.25) is 0 Å². The highest BCUT2D eigenvalue weighted by Gasteiger charge is 2.39. The fourth-order valence-electron chi connectivity index (χ4n) is 3.59. The number of nitrogens with one attached hydrogen (secondary N) is 1. The third-order valence-electron chi connectivity index (χ3n) is 5.13. The lowest BCUT2D eigenvalue weighted by Gasteiger charge is -2.16. The number of esters is 1. The molecule has 1 heterocycles. The molecule has 1 aliphatic rings. The van der Waals surface area contributed by atoms with Crippen LogP contribution in [-0.4, -0.2) is 24.9 Å². The smallest absolute Gasteiger partial charge is 0.343 e. The molecule has 0 unspecified atom stereocenters. The number of amides is 2. The molecule has 0 atom stereocenters. The second-order valence-electron chi connectivity index (χ2n) is 7.75. The fraction of sp³-hybridized carbons (Fsp3) is 0.115. The number of anilines is 2. The Labute approximate surface area is 201 Å². The van der Waals surface area contributed by atoms with Gasteiger partial charge in [-0.2, -0.15) is 0 Å². The summed E-state index contributed by atoms with van der Waals surface area (Å²) in [5.74, 6) is -0.781. The van der Waals surface area contributed by atoms with Crippen LogP contribution in [0.1, 0.15) is 21.5 Å². The fourth-order valence-corrected chi connectivity index (χ4v) is 3.80. The van der Waals surface area contributed by atoms with Gasteiger partial charge in [0.05, 0.1) is 18.4 Å². The molecular formula is C26H21ClN2O5. The summed E-state index contributed by atoms with van der Waals surface area (Å²) in [6, 6.07) is 18.4. The van der Waals surface area contributed by atoms with Gasteiger partial charge in [-0.25, -0.2) is 9.69 Å². The average Bonchev–Trinajstić information content (AvgIpc) is 3.02. The molecule has 8 heteroatoms. The number of rotatable bonds is 6. The number of methoxy groups -OCH3 is 1. The van der Waals surface area contributed by atoms with Crippen LogP contribution in [0.25, 0.3) is 0 Å². The Balaban J connectivity index is 1.49. The maximum Gasteiger partial charge on any atom is 0.343 e. The van der Waals surface area contributed by atoms with Crippen LogP contribution in [0.5, 0.6) is 11.5 Å². The summed E-state index contributed by atoms with van der Waals surface area (Å²) in [4.78, 5) is 39.1. The van der Waals surface area contributed by atoms with Crippen LogP contribution in [0.15, 0.2) is 77.5 Å². The zero-order chi connectivity index (χ0) is 24.4. The highest BCUT2D eigenvalue weighted by molar-refractivity contribution is 6.53. The number of carbonyl (C=O) groups is 3. The third-order valence-corrected chi connectivity index (χ3v) is 5.49. The number of imide groups is 1. The molecule has 0 aliphatic carbocycles. The van der Waals surface area contributed by atoms with E-state index in [1.807, 2.05) is 19.9 Å². The van der Waals surface area contributed by atoms with Crippen LogP contribution >= 0.6 is 11.6 Å². The molecule has 0 spiro atoms. The van der Waals surface area contributed by atoms with Gasteiger partial charge in [-0.3, -0.25) is 9.59 Å². The van der Waals surface area contributed by atoms with E-state index in [-0.39, 0.29) is 10.7 Å². The van der Waals surface area contributed by atoms with Gasteiger partial charge < -0.3 is 14.8 Å². The predicted molar refractivity (Wildman–Crippen MR) is 129 cm³/mol. The van der Waals surface area contributed by atoms with Gasteiger partial charge in [0.2, 0.25) is 0 Å². The molecule has 4 rings (SSSR count). The van der Waals surface area contributed by atoms with Crippen LogP contribution in [0, 0.1) is 13.8 Å². The van der Waals surface area contributed by atoms with Crippen LogP contribution in [0.3, 0.4) is 0 Å². The number of halogens is 1. The van der Waals surface area contributed by atoms with Crippen molar-refractivity contribution in [2.24, 2.45) is 0 Å². The van der Waals surface area contributed by atoms with Gasteiger partial charge in [-0.05, 0) is 73.5 Å². The Kier molecular flexibility index (Phi) is 6.38. The molecule has 0 radical (unpaired) electrons. The van der Waals surface area contributed by atoms with E-state index >= 15 is 0 Å². The van der Waals surface area contributed by atoms with Crippen molar-refractivity contribution in [2.75, 3.05) is 17.3 Å². The predicted octanol–water partition coefficient (Wildman–Crippen LogP) is 4.97. The van der Waals surface area contributed by atoms with Gasteiger partial charge in [0.15, 0.2) is 0 Å². The first-order valence-corrected chi connectivity index (χ1v) is 10.7. The topological polar surface area (TPSA) is 84.9 Å². The van der Waals surface area contributed by atoms with E-state index in [1.165, 1.54) is 7.11 Å². The summed E-state index contributed by atoms with van der Waals surface area (Å²) in [7, 11) is 1.49. The van der Waals surface area contributed by atoms with Gasteiger partial charge in [0.1, 0.15) is 22.2 Å². The quantitative estimate of drug-likeness (QED) is 0.307. The zero-order valence-electron chi connectivity index (χ0n) is 18.7. The molecule has 0 bridgehead atoms. The molecule has 0 saturated heterocycles. The minimum absolute atomic E-state index is 0.0555. The van der Waals surface area contributed by atoms with Crippen LogP contribution in [0.4, 0.5) is 11.4 Å². The van der Waals surface area contributed by atoms with Gasteiger partial charge >= 0.3 is 5.97 Å². The van der Waals surface area contributed by atoms with Crippen molar-refractivity contribution in [1.82, 2.24) is 0 Å². The zero-order valence-corrected chi connectivity index (χ0v) is 19.5. The molecule has 3 aromatic rings. The van der Waals surface area contributed by atoms with Crippen molar-refractivity contribution in [3.8, 4) is 11.5 Å². The highest BCUT2D eigenvalue weighted by atomic mass is 35.5. The highest BCUT2D eigenvalue weighted by Crippen LogP contribution is 2.31. The van der Waals surface area contributed by atoms with Crippen molar-refractivity contribution in [3.05, 3.63) is 94.1 Å². The minimum atomic E-state index is -0.643. The van der Waals surface area contributed by atoms with Crippen LogP contribution in [-0.2, 0) is 9.59 Å². The lowest BCUT2D eigenvalue weighted by Crippen LogP contribution is -2.32. The van der Waals surface area contributed by atoms with Crippen LogP contribution < -0.4 is 19.7 Å². The number of nitrogens with zero attached hydrogens (tertiary/aromatic N) is 1. The van der Waals surface area contributed by atoms with Crippen molar-refractivity contribution in [3.63, 3.8) is 0 Å². The molecule has 34 heavy (non-hydrogen) atoms. The maximum atomic E-state index is 12.9. The summed E-state index contributed by atoms with van der Waals surface area (Å²) in [6.07, 6.45) is 0. The molecule has 1 aliphatic heterocycles. The Morgan fingerprint density at radius 3 is 2.21 bits per heavy atom. The number of ether oxygens (including phenoxy) is 2. The third kappa shape index (κ3) is 4.65. The van der Waals surface area contributed by atoms with Crippen molar-refractivity contribution in [2.45, 2.75) is 13.8 Å². The van der Waals surface area contributed by atoms with Crippen molar-refractivity contribution >= 4 is 40.8 Å². The van der Waals surface area contributed by atoms with E-state index in [1.54, 1.807) is 60.7 Å². The molecule has 172 valence electrons. The SMILES string of the molecule is COc1cccc(N2C(=O)C(Cl)=C(Nc3ccc(C(=O)Oc4cc(C)cc(C)c4)cc3)C2=O)c1. The van der Waals surface area contributed by atoms with E-state index in [9.17, 15) is 14.4 Å². The average molecular weight is 477 g/mol. The lowest BCUT2D eigenvalue weighted by atomic mass is 10.1. The monoisotopic (exact) mass is 476 g/mol. The normalized spacial score (nSPS) is 13.4. The summed E-state index contributed by atoms with van der Waals surface area (Å²) < 4.78 is 10.6. The van der Waals surface area contributed by atoms with Crippen molar-refractivity contribution < 1.29 is 23.9 Å². The Morgan fingerprint density at radius 2 is 1.56 bits per heavy atom. The first kappa shape index (κ1) is 23.1. The minimum Gasteiger partial charge on any atom is -0.497 e. The number of aryl methyl sites for hydroxylation is 2. The number of hydrogen-bond donors (Lipinski definition) is 1. The molecule has 7 nitrogen and oxygen atoms in total. The number of benzene rings is 3.